The van der Waals surface area contributed by atoms with Crippen molar-refractivity contribution < 1.29 is 5.11 Å². The van der Waals surface area contributed by atoms with Crippen molar-refractivity contribution in [1.29, 1.82) is 0 Å². The number of hydrogen-bond donors (Lipinski definition) is 1. The number of rotatable bonds is 5. The summed E-state index contributed by atoms with van der Waals surface area (Å²) < 4.78 is 0. The zero-order chi connectivity index (χ0) is 11.1. The summed E-state index contributed by atoms with van der Waals surface area (Å²) in [6, 6.07) is 0. The van der Waals surface area contributed by atoms with Crippen molar-refractivity contribution in [1.82, 2.24) is 4.90 Å². The molecule has 0 saturated carbocycles. The number of aliphatic hydroxyl groups excluding tert-OH is 1. The van der Waals surface area contributed by atoms with Crippen molar-refractivity contribution in [3.05, 3.63) is 10.4 Å². The van der Waals surface area contributed by atoms with Crippen LogP contribution >= 0.6 is 0 Å². The largest absolute Gasteiger partial charge is 0.393 e. The molecule has 0 spiro atoms. The zero-order valence-electron chi connectivity index (χ0n) is 9.34. The van der Waals surface area contributed by atoms with E-state index in [1.165, 1.54) is 0 Å². The van der Waals surface area contributed by atoms with Crippen LogP contribution in [0, 0.1) is 5.92 Å². The maximum atomic E-state index is 9.78. The highest BCUT2D eigenvalue weighted by Crippen LogP contribution is 2.21. The van der Waals surface area contributed by atoms with Gasteiger partial charge in [-0.3, -0.25) is 0 Å². The summed E-state index contributed by atoms with van der Waals surface area (Å²) in [6.45, 7) is 5.35. The van der Waals surface area contributed by atoms with E-state index in [0.29, 0.717) is 12.5 Å². The molecule has 0 radical (unpaired) electrons. The van der Waals surface area contributed by atoms with Gasteiger partial charge >= 0.3 is 0 Å². The summed E-state index contributed by atoms with van der Waals surface area (Å²) in [6.07, 6.45) is 2.91. The SMILES string of the molecule is CCCC1CN(CCN=[N+]=[N-])CCC1O. The second-order valence-electron chi connectivity index (χ2n) is 4.16. The van der Waals surface area contributed by atoms with Crippen molar-refractivity contribution in [3.8, 4) is 0 Å². The lowest BCUT2D eigenvalue weighted by Crippen LogP contribution is -2.43. The minimum Gasteiger partial charge on any atom is -0.393 e. The van der Waals surface area contributed by atoms with Gasteiger partial charge < -0.3 is 10.0 Å². The number of hydrogen-bond acceptors (Lipinski definition) is 3. The first-order chi connectivity index (χ1) is 7.27. The zero-order valence-corrected chi connectivity index (χ0v) is 9.34. The van der Waals surface area contributed by atoms with Gasteiger partial charge in [-0.05, 0) is 24.3 Å². The second-order valence-corrected chi connectivity index (χ2v) is 4.16. The Bertz CT molecular complexity index is 227. The maximum Gasteiger partial charge on any atom is 0.0592 e. The number of aliphatic hydroxyl groups is 1. The van der Waals surface area contributed by atoms with Crippen molar-refractivity contribution >= 4 is 0 Å². The Labute approximate surface area is 90.7 Å². The molecule has 1 heterocycles. The highest BCUT2D eigenvalue weighted by Gasteiger charge is 2.26. The Hall–Kier alpha value is -0.770. The van der Waals surface area contributed by atoms with Crippen LogP contribution in [-0.2, 0) is 0 Å². The van der Waals surface area contributed by atoms with Gasteiger partial charge in [-0.2, -0.15) is 0 Å². The maximum absolute atomic E-state index is 9.78. The molecule has 0 bridgehead atoms. The van der Waals surface area contributed by atoms with Crippen molar-refractivity contribution in [3.63, 3.8) is 0 Å². The van der Waals surface area contributed by atoms with E-state index in [-0.39, 0.29) is 6.10 Å². The molecule has 5 heteroatoms. The standard InChI is InChI=1S/C10H20N4O/c1-2-3-9-8-14(6-4-10(9)15)7-5-12-13-11/h9-10,15H,2-8H2,1H3. The van der Waals surface area contributed by atoms with Crippen LogP contribution in [0.25, 0.3) is 10.4 Å². The molecule has 0 aromatic carbocycles. The van der Waals surface area contributed by atoms with E-state index in [1.54, 1.807) is 0 Å². The summed E-state index contributed by atoms with van der Waals surface area (Å²) in [5.74, 6) is 0.398. The number of likely N-dealkylation sites (tertiary alicyclic amines) is 1. The molecule has 0 aromatic heterocycles. The van der Waals surface area contributed by atoms with Gasteiger partial charge in [-0.1, -0.05) is 18.5 Å². The fourth-order valence-electron chi connectivity index (χ4n) is 2.18. The molecule has 0 amide bonds. The van der Waals surface area contributed by atoms with Gasteiger partial charge in [0.05, 0.1) is 6.10 Å². The predicted molar refractivity (Wildman–Crippen MR) is 59.5 cm³/mol. The van der Waals surface area contributed by atoms with Crippen LogP contribution < -0.4 is 0 Å². The number of nitrogens with zero attached hydrogens (tertiary/aromatic N) is 4. The quantitative estimate of drug-likeness (QED) is 0.428. The van der Waals surface area contributed by atoms with E-state index in [9.17, 15) is 5.11 Å². The van der Waals surface area contributed by atoms with Crippen molar-refractivity contribution in [2.75, 3.05) is 26.2 Å². The van der Waals surface area contributed by atoms with Crippen LogP contribution in [0.4, 0.5) is 0 Å². The van der Waals surface area contributed by atoms with Crippen LogP contribution in [0.3, 0.4) is 0 Å². The Kier molecular flexibility index (Phi) is 5.47. The van der Waals surface area contributed by atoms with E-state index >= 15 is 0 Å². The normalized spacial score (nSPS) is 27.3. The molecule has 1 aliphatic heterocycles. The van der Waals surface area contributed by atoms with E-state index in [0.717, 1.165) is 38.9 Å². The molecule has 1 N–H and O–H groups in total. The Morgan fingerprint density at radius 3 is 3.07 bits per heavy atom. The van der Waals surface area contributed by atoms with Gasteiger partial charge in [0.25, 0.3) is 0 Å². The summed E-state index contributed by atoms with van der Waals surface area (Å²) in [4.78, 5) is 5.02. The van der Waals surface area contributed by atoms with Crippen LogP contribution in [-0.4, -0.2) is 42.3 Å². The van der Waals surface area contributed by atoms with Crippen LogP contribution in [0.2, 0.25) is 0 Å². The molecule has 1 rings (SSSR count). The third-order valence-corrected chi connectivity index (χ3v) is 3.02. The number of azide groups is 1. The van der Waals surface area contributed by atoms with Gasteiger partial charge in [-0.15, -0.1) is 0 Å². The van der Waals surface area contributed by atoms with E-state index in [1.807, 2.05) is 0 Å². The molecule has 1 aliphatic rings. The van der Waals surface area contributed by atoms with Crippen LogP contribution in [0.15, 0.2) is 5.11 Å². The Morgan fingerprint density at radius 1 is 1.60 bits per heavy atom. The van der Waals surface area contributed by atoms with Crippen molar-refractivity contribution in [2.45, 2.75) is 32.3 Å². The Balaban J connectivity index is 2.32. The molecule has 0 aliphatic carbocycles. The lowest BCUT2D eigenvalue weighted by Gasteiger charge is -2.35. The molecule has 86 valence electrons. The molecule has 2 unspecified atom stereocenters. The van der Waals surface area contributed by atoms with E-state index in [4.69, 9.17) is 5.53 Å². The monoisotopic (exact) mass is 212 g/mol. The van der Waals surface area contributed by atoms with Gasteiger partial charge in [0.15, 0.2) is 0 Å². The lowest BCUT2D eigenvalue weighted by molar-refractivity contribution is 0.0239. The topological polar surface area (TPSA) is 72.2 Å². The third-order valence-electron chi connectivity index (χ3n) is 3.02. The first-order valence-electron chi connectivity index (χ1n) is 5.69. The fraction of sp³-hybridized carbons (Fsp3) is 1.00. The van der Waals surface area contributed by atoms with E-state index < -0.39 is 0 Å². The molecule has 1 fully saturated rings. The van der Waals surface area contributed by atoms with Gasteiger partial charge in [0, 0.05) is 31.1 Å². The first kappa shape index (κ1) is 12.3. The van der Waals surface area contributed by atoms with Gasteiger partial charge in [0.1, 0.15) is 0 Å². The molecule has 2 atom stereocenters. The summed E-state index contributed by atoms with van der Waals surface area (Å²) in [7, 11) is 0. The molecule has 5 nitrogen and oxygen atoms in total. The minimum absolute atomic E-state index is 0.138. The summed E-state index contributed by atoms with van der Waals surface area (Å²) in [5, 5.41) is 13.3. The highest BCUT2D eigenvalue weighted by molar-refractivity contribution is 4.79. The van der Waals surface area contributed by atoms with E-state index in [2.05, 4.69) is 21.8 Å². The van der Waals surface area contributed by atoms with Crippen molar-refractivity contribution in [2.24, 2.45) is 11.0 Å². The van der Waals surface area contributed by atoms with Gasteiger partial charge in [0.2, 0.25) is 0 Å². The highest BCUT2D eigenvalue weighted by atomic mass is 16.3. The summed E-state index contributed by atoms with van der Waals surface area (Å²) >= 11 is 0. The first-order valence-corrected chi connectivity index (χ1v) is 5.69. The van der Waals surface area contributed by atoms with Crippen LogP contribution in [0.5, 0.6) is 0 Å². The molecular formula is C10H20N4O. The molecule has 15 heavy (non-hydrogen) atoms. The minimum atomic E-state index is -0.138. The number of piperidine rings is 1. The lowest BCUT2D eigenvalue weighted by atomic mass is 9.91. The summed E-state index contributed by atoms with van der Waals surface area (Å²) in [5.41, 5.74) is 8.17. The van der Waals surface area contributed by atoms with Gasteiger partial charge in [-0.25, -0.2) is 0 Å². The average molecular weight is 212 g/mol. The second kappa shape index (κ2) is 6.67. The average Bonchev–Trinajstić information content (AvgIpc) is 2.23. The van der Waals surface area contributed by atoms with Crippen LogP contribution in [0.1, 0.15) is 26.2 Å². The molecule has 1 saturated heterocycles. The predicted octanol–water partition coefficient (Wildman–Crippen LogP) is 1.78. The fourth-order valence-corrected chi connectivity index (χ4v) is 2.18. The molecular weight excluding hydrogens is 192 g/mol. The third kappa shape index (κ3) is 4.08. The molecule has 0 aromatic rings. The Morgan fingerprint density at radius 2 is 2.40 bits per heavy atom. The smallest absolute Gasteiger partial charge is 0.0592 e.